The van der Waals surface area contributed by atoms with Crippen LogP contribution in [0.15, 0.2) is 128 Å². The summed E-state index contributed by atoms with van der Waals surface area (Å²) in [6.07, 6.45) is 34.1. The fraction of sp³-hybridized carbons (Fsp3) is 0.404. The van der Waals surface area contributed by atoms with E-state index in [0.29, 0.717) is 0 Å². The van der Waals surface area contributed by atoms with Gasteiger partial charge >= 0.3 is 0 Å². The summed E-state index contributed by atoms with van der Waals surface area (Å²) in [6.45, 7) is 6.31. The summed E-state index contributed by atoms with van der Waals surface area (Å²) in [7, 11) is 14.4. The monoisotopic (exact) mass is 874 g/mol. The molecule has 0 fully saturated rings. The van der Waals surface area contributed by atoms with Gasteiger partial charge in [0.15, 0.2) is 12.4 Å². The topological polar surface area (TPSA) is 38.3 Å². The van der Waals surface area contributed by atoms with E-state index in [1.165, 1.54) is 85.3 Å². The van der Waals surface area contributed by atoms with Crippen molar-refractivity contribution in [3.63, 3.8) is 0 Å². The van der Waals surface area contributed by atoms with Gasteiger partial charge in [0.1, 0.15) is 25.5 Å². The van der Waals surface area contributed by atoms with E-state index < -0.39 is 0 Å². The molecule has 0 amide bonds. The first kappa shape index (κ1) is 48.1. The van der Waals surface area contributed by atoms with Crippen LogP contribution in [0.4, 0.5) is 11.4 Å². The maximum atomic E-state index is 3.49. The number of pyridine rings is 2. The molecule has 0 unspecified atom stereocenters. The van der Waals surface area contributed by atoms with Crippen molar-refractivity contribution < 1.29 is 13.7 Å². The standard InChI is InChI=1S/C52H73N8S2/c1-54(2)49-26-20-47(21-27-49)24-30-51-18-10-16-37-59(51)35-14-7-6-12-32-53-33-39-56(5)42-44-61-62-45-43-58-41-40-57(46-58)34-13-8-9-15-36-60-38-17-11-19-52(60)31-25-48-22-28-50(29-23-48)55(3)4/h10-11,16-31,33,37-41,46,53H,6-9,12-15,32,34-36,42-45H2,1-5H3/q+3/b39-33-. The molecule has 0 saturated heterocycles. The second kappa shape index (κ2) is 27.9. The van der Waals surface area contributed by atoms with Gasteiger partial charge in [-0.25, -0.2) is 9.13 Å². The maximum absolute atomic E-state index is 3.49. The molecule has 0 radical (unpaired) electrons. The van der Waals surface area contributed by atoms with Gasteiger partial charge in [-0.2, -0.15) is 9.13 Å². The second-order valence-electron chi connectivity index (χ2n) is 16.4. The Balaban J connectivity index is 0.833. The van der Waals surface area contributed by atoms with E-state index in [1.807, 2.05) is 21.6 Å². The molecule has 0 spiro atoms. The molecule has 0 aliphatic rings. The Labute approximate surface area is 382 Å². The molecule has 62 heavy (non-hydrogen) atoms. The van der Waals surface area contributed by atoms with E-state index in [1.54, 1.807) is 0 Å². The Morgan fingerprint density at radius 1 is 0.565 bits per heavy atom. The second-order valence-corrected chi connectivity index (χ2v) is 19.1. The van der Waals surface area contributed by atoms with Crippen molar-refractivity contribution in [1.82, 2.24) is 14.8 Å². The van der Waals surface area contributed by atoms with Gasteiger partial charge in [0.25, 0.3) is 0 Å². The molecular formula is C52H73N8S2+3. The predicted molar refractivity (Wildman–Crippen MR) is 269 cm³/mol. The molecule has 0 bridgehead atoms. The summed E-state index contributed by atoms with van der Waals surface area (Å²) in [5.74, 6) is 2.23. The predicted octanol–water partition coefficient (Wildman–Crippen LogP) is 9.72. The van der Waals surface area contributed by atoms with Crippen LogP contribution in [0.3, 0.4) is 0 Å². The van der Waals surface area contributed by atoms with Crippen molar-refractivity contribution in [2.45, 2.75) is 77.5 Å². The number of benzene rings is 2. The summed E-state index contributed by atoms with van der Waals surface area (Å²) in [4.78, 5) is 6.54. The number of nitrogens with zero attached hydrogens (tertiary/aromatic N) is 7. The third kappa shape index (κ3) is 18.2. The Morgan fingerprint density at radius 2 is 1.10 bits per heavy atom. The lowest BCUT2D eigenvalue weighted by Gasteiger charge is -2.13. The molecule has 1 N–H and O–H groups in total. The number of hydrogen-bond donors (Lipinski definition) is 1. The first-order valence-corrected chi connectivity index (χ1v) is 25.1. The Hall–Kier alpha value is -4.93. The zero-order valence-corrected chi connectivity index (χ0v) is 39.8. The zero-order chi connectivity index (χ0) is 43.6. The third-order valence-electron chi connectivity index (χ3n) is 10.9. The maximum Gasteiger partial charge on any atom is 0.243 e. The molecule has 0 aliphatic heterocycles. The van der Waals surface area contributed by atoms with Crippen LogP contribution in [0.25, 0.3) is 24.3 Å². The van der Waals surface area contributed by atoms with E-state index in [-0.39, 0.29) is 0 Å². The first-order valence-electron chi connectivity index (χ1n) is 22.6. The van der Waals surface area contributed by atoms with Gasteiger partial charge in [0.2, 0.25) is 17.7 Å². The highest BCUT2D eigenvalue weighted by atomic mass is 33.1. The molecule has 3 aromatic heterocycles. The number of imidazole rings is 1. The highest BCUT2D eigenvalue weighted by Gasteiger charge is 2.09. The minimum Gasteiger partial charge on any atom is -0.390 e. The minimum absolute atomic E-state index is 1.02. The summed E-state index contributed by atoms with van der Waals surface area (Å²) in [5.41, 5.74) is 7.38. The van der Waals surface area contributed by atoms with Gasteiger partial charge in [0.05, 0.1) is 13.1 Å². The lowest BCUT2D eigenvalue weighted by atomic mass is 10.1. The van der Waals surface area contributed by atoms with Gasteiger partial charge in [-0.05, 0) is 91.8 Å². The van der Waals surface area contributed by atoms with Crippen LogP contribution < -0.4 is 28.8 Å². The molecule has 2 aromatic carbocycles. The molecule has 5 aromatic rings. The number of unbranched alkanes of at least 4 members (excludes halogenated alkanes) is 6. The van der Waals surface area contributed by atoms with Gasteiger partial charge in [-0.15, -0.1) is 0 Å². The smallest absolute Gasteiger partial charge is 0.243 e. The summed E-state index contributed by atoms with van der Waals surface area (Å²) < 4.78 is 9.42. The molecule has 3 heterocycles. The number of aryl methyl sites for hydroxylation is 4. The van der Waals surface area contributed by atoms with Crippen molar-refractivity contribution in [3.8, 4) is 0 Å². The van der Waals surface area contributed by atoms with Crippen LogP contribution in [-0.2, 0) is 26.2 Å². The Kier molecular flexibility index (Phi) is 21.6. The third-order valence-corrected chi connectivity index (χ3v) is 13.3. The van der Waals surface area contributed by atoms with E-state index in [2.05, 4.69) is 226 Å². The van der Waals surface area contributed by atoms with E-state index in [9.17, 15) is 0 Å². The zero-order valence-electron chi connectivity index (χ0n) is 38.2. The summed E-state index contributed by atoms with van der Waals surface area (Å²) in [6, 6.07) is 30.3. The quantitative estimate of drug-likeness (QED) is 0.0293. The number of nitrogens with one attached hydrogen (secondary N) is 1. The van der Waals surface area contributed by atoms with Crippen LogP contribution in [0.1, 0.15) is 73.9 Å². The van der Waals surface area contributed by atoms with E-state index in [0.717, 1.165) is 50.8 Å². The summed E-state index contributed by atoms with van der Waals surface area (Å²) in [5, 5.41) is 3.49. The van der Waals surface area contributed by atoms with Crippen LogP contribution in [0, 0.1) is 0 Å². The minimum atomic E-state index is 1.02. The SMILES string of the molecule is CN(/C=C\NCCCCCC[n+]1ccccc1/C=C/c1ccc(N(C)C)cc1)CCSSCCn1cc[n+](CCCCCC[n+]2ccccc2/C=C/c2ccc(N(C)C)cc2)c1. The van der Waals surface area contributed by atoms with Crippen LogP contribution in [0.5, 0.6) is 0 Å². The average molecular weight is 874 g/mol. The van der Waals surface area contributed by atoms with Gasteiger partial charge in [-0.3, -0.25) is 0 Å². The van der Waals surface area contributed by atoms with Crippen molar-refractivity contribution >= 4 is 57.3 Å². The fourth-order valence-electron chi connectivity index (χ4n) is 7.10. The fourth-order valence-corrected chi connectivity index (χ4v) is 9.13. The molecule has 8 nitrogen and oxygen atoms in total. The molecule has 0 saturated carbocycles. The molecule has 0 atom stereocenters. The Morgan fingerprint density at radius 3 is 1.66 bits per heavy atom. The average Bonchev–Trinajstić information content (AvgIpc) is 3.75. The lowest BCUT2D eigenvalue weighted by Crippen LogP contribution is -2.36. The van der Waals surface area contributed by atoms with Gasteiger partial charge < -0.3 is 20.0 Å². The lowest BCUT2D eigenvalue weighted by molar-refractivity contribution is -0.699. The van der Waals surface area contributed by atoms with Crippen molar-refractivity contribution in [3.05, 3.63) is 151 Å². The van der Waals surface area contributed by atoms with Crippen molar-refractivity contribution in [1.29, 1.82) is 0 Å². The Bertz CT molecular complexity index is 2070. The molecule has 330 valence electrons. The highest BCUT2D eigenvalue weighted by Crippen LogP contribution is 2.21. The van der Waals surface area contributed by atoms with Crippen LogP contribution in [-0.4, -0.2) is 69.3 Å². The number of rotatable bonds is 29. The normalized spacial score (nSPS) is 11.6. The van der Waals surface area contributed by atoms with Crippen molar-refractivity contribution in [2.24, 2.45) is 0 Å². The van der Waals surface area contributed by atoms with Crippen LogP contribution >= 0.6 is 21.6 Å². The number of anilines is 2. The molecule has 0 aliphatic carbocycles. The van der Waals surface area contributed by atoms with E-state index >= 15 is 0 Å². The number of hydrogen-bond acceptors (Lipinski definition) is 6. The molecule has 5 rings (SSSR count). The highest BCUT2D eigenvalue weighted by molar-refractivity contribution is 8.76. The summed E-state index contributed by atoms with van der Waals surface area (Å²) >= 11 is 0. The number of aromatic nitrogens is 4. The molecule has 10 heteroatoms. The van der Waals surface area contributed by atoms with Crippen molar-refractivity contribution in [2.75, 3.05) is 69.6 Å². The first-order chi connectivity index (χ1) is 30.3. The van der Waals surface area contributed by atoms with E-state index in [4.69, 9.17) is 0 Å². The van der Waals surface area contributed by atoms with Gasteiger partial charge in [-0.1, -0.05) is 52.3 Å². The van der Waals surface area contributed by atoms with Gasteiger partial charge in [0, 0.05) is 133 Å². The molecular weight excluding hydrogens is 801 g/mol. The van der Waals surface area contributed by atoms with Crippen LogP contribution in [0.2, 0.25) is 0 Å². The largest absolute Gasteiger partial charge is 0.390 e.